The van der Waals surface area contributed by atoms with Crippen molar-refractivity contribution in [3.05, 3.63) is 65.2 Å². The normalized spacial score (nSPS) is 13.0. The van der Waals surface area contributed by atoms with E-state index >= 15 is 0 Å². The number of carbonyl (C=O) groups is 2. The quantitative estimate of drug-likeness (QED) is 0.480. The van der Waals surface area contributed by atoms with Gasteiger partial charge in [-0.25, -0.2) is 4.98 Å². The van der Waals surface area contributed by atoms with Gasteiger partial charge in [-0.3, -0.25) is 9.59 Å². The van der Waals surface area contributed by atoms with Gasteiger partial charge in [0, 0.05) is 12.5 Å². The Bertz CT molecular complexity index is 938. The number of hydrogen-bond acceptors (Lipinski definition) is 5. The second-order valence-corrected chi connectivity index (χ2v) is 8.61. The number of amides is 1. The topological polar surface area (TPSA) is 68.3 Å². The number of para-hydroxylation sites is 1. The number of benzene rings is 2. The molecule has 1 heterocycles. The lowest BCUT2D eigenvalue weighted by Gasteiger charge is -2.18. The molecule has 1 amide bonds. The smallest absolute Gasteiger partial charge is 0.306 e. The van der Waals surface area contributed by atoms with E-state index in [-0.39, 0.29) is 24.3 Å². The van der Waals surface area contributed by atoms with Crippen molar-refractivity contribution in [2.75, 3.05) is 0 Å². The Hall–Kier alpha value is -2.73. The number of aromatic nitrogens is 1. The summed E-state index contributed by atoms with van der Waals surface area (Å²) in [5, 5.41) is 3.94. The number of rotatable bonds is 10. The van der Waals surface area contributed by atoms with Gasteiger partial charge in [0.05, 0.1) is 15.2 Å². The fourth-order valence-corrected chi connectivity index (χ4v) is 4.19. The van der Waals surface area contributed by atoms with Crippen molar-refractivity contribution >= 4 is 33.4 Å². The molecule has 0 aliphatic heterocycles. The van der Waals surface area contributed by atoms with E-state index in [1.54, 1.807) is 18.3 Å². The Morgan fingerprint density at radius 1 is 1.03 bits per heavy atom. The Kier molecular flexibility index (Phi) is 7.97. The van der Waals surface area contributed by atoms with Crippen LogP contribution in [-0.2, 0) is 27.2 Å². The van der Waals surface area contributed by atoms with E-state index in [0.29, 0.717) is 6.42 Å². The van der Waals surface area contributed by atoms with Gasteiger partial charge in [-0.1, -0.05) is 42.5 Å². The number of esters is 1. The molecule has 158 valence electrons. The van der Waals surface area contributed by atoms with Gasteiger partial charge in [0.2, 0.25) is 0 Å². The van der Waals surface area contributed by atoms with Crippen molar-refractivity contribution in [1.29, 1.82) is 0 Å². The molecule has 0 radical (unpaired) electrons. The van der Waals surface area contributed by atoms with Gasteiger partial charge in [0.25, 0.3) is 5.91 Å². The van der Waals surface area contributed by atoms with E-state index in [1.807, 2.05) is 49.4 Å². The summed E-state index contributed by atoms with van der Waals surface area (Å²) in [5.41, 5.74) is 2.23. The molecule has 5 nitrogen and oxygen atoms in total. The molecular weight excluding hydrogens is 396 g/mol. The number of nitrogens with zero attached hydrogens (tertiary/aromatic N) is 1. The predicted octanol–water partition coefficient (Wildman–Crippen LogP) is 4.69. The standard InChI is InChI=1S/C24H28N2O3S/c1-17(15-16-19-9-4-3-5-10-19)25-24(28)18(2)29-23(27)14-8-13-22-26-20-11-6-7-12-21(20)30-22/h3-7,9-12,17-18H,8,13-16H2,1-2H3,(H,25,28)/t17-,18-/m0/s1. The van der Waals surface area contributed by atoms with Crippen molar-refractivity contribution in [1.82, 2.24) is 10.3 Å². The molecule has 0 unspecified atom stereocenters. The molecule has 0 aliphatic carbocycles. The largest absolute Gasteiger partial charge is 0.453 e. The summed E-state index contributed by atoms with van der Waals surface area (Å²) in [6.45, 7) is 3.58. The zero-order chi connectivity index (χ0) is 21.3. The maximum absolute atomic E-state index is 12.3. The summed E-state index contributed by atoms with van der Waals surface area (Å²) in [5.74, 6) is -0.606. The molecule has 3 aromatic rings. The maximum atomic E-state index is 12.3. The van der Waals surface area contributed by atoms with Crippen LogP contribution in [0.25, 0.3) is 10.2 Å². The number of nitrogens with one attached hydrogen (secondary N) is 1. The minimum absolute atomic E-state index is 0.0119. The zero-order valence-corrected chi connectivity index (χ0v) is 18.3. The molecule has 1 aromatic heterocycles. The number of fused-ring (bicyclic) bond motifs is 1. The van der Waals surface area contributed by atoms with Crippen molar-refractivity contribution in [2.45, 2.75) is 58.1 Å². The number of hydrogen-bond donors (Lipinski definition) is 1. The van der Waals surface area contributed by atoms with Crippen molar-refractivity contribution in [3.8, 4) is 0 Å². The first kappa shape index (κ1) is 22.0. The summed E-state index contributed by atoms with van der Waals surface area (Å²) in [4.78, 5) is 29.0. The predicted molar refractivity (Wildman–Crippen MR) is 120 cm³/mol. The van der Waals surface area contributed by atoms with E-state index in [0.717, 1.165) is 34.5 Å². The third-order valence-electron chi connectivity index (χ3n) is 4.88. The molecule has 0 fully saturated rings. The summed E-state index contributed by atoms with van der Waals surface area (Å²) < 4.78 is 6.46. The lowest BCUT2D eigenvalue weighted by molar-refractivity contribution is -0.155. The fourth-order valence-electron chi connectivity index (χ4n) is 3.18. The van der Waals surface area contributed by atoms with Gasteiger partial charge in [-0.05, 0) is 57.2 Å². The second kappa shape index (κ2) is 10.9. The highest BCUT2D eigenvalue weighted by atomic mass is 32.1. The average Bonchev–Trinajstić information content (AvgIpc) is 3.15. The Morgan fingerprint density at radius 3 is 2.53 bits per heavy atom. The third-order valence-corrected chi connectivity index (χ3v) is 5.98. The van der Waals surface area contributed by atoms with E-state index in [2.05, 4.69) is 22.4 Å². The van der Waals surface area contributed by atoms with Gasteiger partial charge < -0.3 is 10.1 Å². The van der Waals surface area contributed by atoms with Crippen LogP contribution < -0.4 is 5.32 Å². The first-order valence-corrected chi connectivity index (χ1v) is 11.2. The van der Waals surface area contributed by atoms with Crippen LogP contribution in [0.15, 0.2) is 54.6 Å². The Balaban J connectivity index is 1.35. The maximum Gasteiger partial charge on any atom is 0.306 e. The molecule has 2 atom stereocenters. The van der Waals surface area contributed by atoms with Crippen LogP contribution in [0.4, 0.5) is 0 Å². The first-order chi connectivity index (χ1) is 14.5. The second-order valence-electron chi connectivity index (χ2n) is 7.49. The molecule has 30 heavy (non-hydrogen) atoms. The lowest BCUT2D eigenvalue weighted by Crippen LogP contribution is -2.41. The van der Waals surface area contributed by atoms with Crippen LogP contribution in [0.1, 0.15) is 43.7 Å². The average molecular weight is 425 g/mol. The molecule has 3 rings (SSSR count). The Morgan fingerprint density at radius 2 is 1.77 bits per heavy atom. The fraction of sp³-hybridized carbons (Fsp3) is 0.375. The summed E-state index contributed by atoms with van der Waals surface area (Å²) >= 11 is 1.65. The van der Waals surface area contributed by atoms with Crippen LogP contribution in [0.3, 0.4) is 0 Å². The van der Waals surface area contributed by atoms with Crippen LogP contribution >= 0.6 is 11.3 Å². The molecule has 0 aliphatic rings. The third kappa shape index (κ3) is 6.66. The van der Waals surface area contributed by atoms with E-state index < -0.39 is 6.10 Å². The van der Waals surface area contributed by atoms with Gasteiger partial charge in [0.1, 0.15) is 0 Å². The van der Waals surface area contributed by atoms with E-state index in [4.69, 9.17) is 4.74 Å². The molecule has 0 saturated carbocycles. The van der Waals surface area contributed by atoms with Gasteiger partial charge in [0.15, 0.2) is 6.10 Å². The van der Waals surface area contributed by atoms with Gasteiger partial charge >= 0.3 is 5.97 Å². The molecule has 1 N–H and O–H groups in total. The van der Waals surface area contributed by atoms with E-state index in [9.17, 15) is 9.59 Å². The minimum atomic E-state index is -0.792. The highest BCUT2D eigenvalue weighted by Gasteiger charge is 2.19. The number of ether oxygens (including phenoxy) is 1. The number of carbonyl (C=O) groups excluding carboxylic acids is 2. The zero-order valence-electron chi connectivity index (χ0n) is 17.5. The van der Waals surface area contributed by atoms with Gasteiger partial charge in [-0.2, -0.15) is 0 Å². The van der Waals surface area contributed by atoms with Gasteiger partial charge in [-0.15, -0.1) is 11.3 Å². The SMILES string of the molecule is C[C@H](OC(=O)CCCc1nc2ccccc2s1)C(=O)N[C@@H](C)CCc1ccccc1. The number of thiazole rings is 1. The highest BCUT2D eigenvalue weighted by Crippen LogP contribution is 2.22. The molecule has 0 spiro atoms. The molecule has 0 saturated heterocycles. The number of aryl methyl sites for hydroxylation is 2. The summed E-state index contributed by atoms with van der Waals surface area (Å²) in [7, 11) is 0. The monoisotopic (exact) mass is 424 g/mol. The molecule has 6 heteroatoms. The van der Waals surface area contributed by atoms with E-state index in [1.165, 1.54) is 5.56 Å². The van der Waals surface area contributed by atoms with Crippen molar-refractivity contribution in [3.63, 3.8) is 0 Å². The van der Waals surface area contributed by atoms with Crippen molar-refractivity contribution < 1.29 is 14.3 Å². The van der Waals surface area contributed by atoms with Crippen molar-refractivity contribution in [2.24, 2.45) is 0 Å². The van der Waals surface area contributed by atoms with Crippen LogP contribution in [-0.4, -0.2) is 29.0 Å². The lowest BCUT2D eigenvalue weighted by atomic mass is 10.1. The summed E-state index contributed by atoms with van der Waals surface area (Å²) in [6, 6.07) is 18.2. The minimum Gasteiger partial charge on any atom is -0.453 e. The Labute approximate surface area is 181 Å². The molecular formula is C24H28N2O3S. The van der Waals surface area contributed by atoms with Crippen LogP contribution in [0.2, 0.25) is 0 Å². The molecule has 2 aromatic carbocycles. The molecule has 0 bridgehead atoms. The van der Waals surface area contributed by atoms with Crippen LogP contribution in [0, 0.1) is 0 Å². The summed E-state index contributed by atoms with van der Waals surface area (Å²) in [6.07, 6.45) is 2.59. The van der Waals surface area contributed by atoms with Crippen LogP contribution in [0.5, 0.6) is 0 Å². The first-order valence-electron chi connectivity index (χ1n) is 10.4. The highest BCUT2D eigenvalue weighted by molar-refractivity contribution is 7.18.